The fourth-order valence-corrected chi connectivity index (χ4v) is 3.75. The number of nitrogens with one attached hydrogen (secondary N) is 1. The smallest absolute Gasteiger partial charge is 0.141 e. The molecule has 0 radical (unpaired) electrons. The highest BCUT2D eigenvalue weighted by Gasteiger charge is 2.37. The highest BCUT2D eigenvalue weighted by atomic mass is 19.1. The lowest BCUT2D eigenvalue weighted by Crippen LogP contribution is -2.17. The average Bonchev–Trinajstić information content (AvgIpc) is 3.44. The number of aromatic nitrogens is 3. The molecule has 3 aromatic rings. The number of aromatic amines is 1. The third-order valence-electron chi connectivity index (χ3n) is 5.63. The molecule has 0 amide bonds. The van der Waals surface area contributed by atoms with Gasteiger partial charge in [-0.1, -0.05) is 38.1 Å². The molecule has 0 unspecified atom stereocenters. The monoisotopic (exact) mass is 363 g/mol. The minimum absolute atomic E-state index is 0.311. The molecule has 4 heteroatoms. The molecule has 1 saturated carbocycles. The number of H-pyrrole nitrogens is 1. The van der Waals surface area contributed by atoms with Crippen molar-refractivity contribution in [3.63, 3.8) is 0 Å². The van der Waals surface area contributed by atoms with Crippen molar-refractivity contribution >= 4 is 0 Å². The fraction of sp³-hybridized carbons (Fsp3) is 0.391. The lowest BCUT2D eigenvalue weighted by atomic mass is 9.83. The van der Waals surface area contributed by atoms with E-state index in [1.165, 1.54) is 36.4 Å². The van der Waals surface area contributed by atoms with Gasteiger partial charge in [-0.15, -0.1) is 0 Å². The van der Waals surface area contributed by atoms with Gasteiger partial charge < -0.3 is 4.98 Å². The van der Waals surface area contributed by atoms with Gasteiger partial charge in [0.2, 0.25) is 0 Å². The number of rotatable bonds is 7. The van der Waals surface area contributed by atoms with Crippen LogP contribution in [0.5, 0.6) is 0 Å². The number of hydrogen-bond acceptors (Lipinski definition) is 2. The highest BCUT2D eigenvalue weighted by molar-refractivity contribution is 5.59. The van der Waals surface area contributed by atoms with Crippen molar-refractivity contribution < 1.29 is 4.39 Å². The molecule has 27 heavy (non-hydrogen) atoms. The molecule has 0 bridgehead atoms. The highest BCUT2D eigenvalue weighted by Crippen LogP contribution is 2.46. The van der Waals surface area contributed by atoms with E-state index in [-0.39, 0.29) is 5.82 Å². The molecule has 0 aliphatic heterocycles. The maximum Gasteiger partial charge on any atom is 0.141 e. The number of hydrogen-bond donors (Lipinski definition) is 1. The van der Waals surface area contributed by atoms with E-state index in [4.69, 9.17) is 4.98 Å². The standard InChI is InChI=1S/C23H26FN3/c1-23(2,18-8-9-18)13-20-15-26-22(27-20)12-5-16-3-6-17(7-4-16)21-11-10-19(24)14-25-21/h3-4,6-7,10-11,14-15,18H,5,8-9,12-13H2,1-2H3,(H,26,27). The summed E-state index contributed by atoms with van der Waals surface area (Å²) in [6.07, 6.45) is 8.95. The fourth-order valence-electron chi connectivity index (χ4n) is 3.75. The van der Waals surface area contributed by atoms with Gasteiger partial charge in [-0.25, -0.2) is 9.37 Å². The lowest BCUT2D eigenvalue weighted by Gasteiger charge is -2.22. The van der Waals surface area contributed by atoms with Crippen molar-refractivity contribution in [2.24, 2.45) is 11.3 Å². The van der Waals surface area contributed by atoms with E-state index < -0.39 is 0 Å². The first-order valence-electron chi connectivity index (χ1n) is 9.74. The lowest BCUT2D eigenvalue weighted by molar-refractivity contribution is 0.304. The first-order valence-corrected chi connectivity index (χ1v) is 9.74. The Morgan fingerprint density at radius 1 is 1.07 bits per heavy atom. The number of benzene rings is 1. The Labute approximate surface area is 160 Å². The van der Waals surface area contributed by atoms with Crippen LogP contribution < -0.4 is 0 Å². The predicted octanol–water partition coefficient (Wildman–Crippen LogP) is 5.37. The second-order valence-corrected chi connectivity index (χ2v) is 8.34. The topological polar surface area (TPSA) is 41.6 Å². The summed E-state index contributed by atoms with van der Waals surface area (Å²) in [5.74, 6) is 1.61. The van der Waals surface area contributed by atoms with E-state index in [0.29, 0.717) is 5.41 Å². The molecule has 1 N–H and O–H groups in total. The van der Waals surface area contributed by atoms with Crippen LogP contribution in [-0.2, 0) is 19.3 Å². The summed E-state index contributed by atoms with van der Waals surface area (Å²) in [5.41, 5.74) is 4.59. The number of halogens is 1. The molecule has 2 aromatic heterocycles. The van der Waals surface area contributed by atoms with Gasteiger partial charge in [-0.05, 0) is 54.7 Å². The Kier molecular flexibility index (Phi) is 4.81. The Morgan fingerprint density at radius 2 is 1.85 bits per heavy atom. The minimum Gasteiger partial charge on any atom is -0.348 e. The second kappa shape index (κ2) is 7.26. The van der Waals surface area contributed by atoms with Crippen molar-refractivity contribution in [3.05, 3.63) is 71.7 Å². The molecule has 3 nitrogen and oxygen atoms in total. The van der Waals surface area contributed by atoms with Gasteiger partial charge in [0.25, 0.3) is 0 Å². The summed E-state index contributed by atoms with van der Waals surface area (Å²) in [4.78, 5) is 12.3. The summed E-state index contributed by atoms with van der Waals surface area (Å²) >= 11 is 0. The van der Waals surface area contributed by atoms with Crippen LogP contribution in [0.1, 0.15) is 43.8 Å². The molecule has 140 valence electrons. The van der Waals surface area contributed by atoms with E-state index in [2.05, 4.69) is 42.1 Å². The third-order valence-corrected chi connectivity index (χ3v) is 5.63. The van der Waals surface area contributed by atoms with Crippen molar-refractivity contribution in [2.45, 2.75) is 46.0 Å². The number of aryl methyl sites for hydroxylation is 2. The van der Waals surface area contributed by atoms with Crippen molar-refractivity contribution in [3.8, 4) is 11.3 Å². The summed E-state index contributed by atoms with van der Waals surface area (Å²) in [5, 5.41) is 0. The summed E-state index contributed by atoms with van der Waals surface area (Å²) in [6.45, 7) is 4.72. The van der Waals surface area contributed by atoms with Gasteiger partial charge in [0.1, 0.15) is 11.6 Å². The van der Waals surface area contributed by atoms with Crippen LogP contribution >= 0.6 is 0 Å². The van der Waals surface area contributed by atoms with Gasteiger partial charge in [0.15, 0.2) is 0 Å². The SMILES string of the molecule is CC(C)(Cc1c[nH]c(CCc2ccc(-c3ccc(F)cn3)cc2)n1)C1CC1. The van der Waals surface area contributed by atoms with E-state index >= 15 is 0 Å². The van der Waals surface area contributed by atoms with E-state index in [1.54, 1.807) is 6.07 Å². The van der Waals surface area contributed by atoms with Crippen molar-refractivity contribution in [2.75, 3.05) is 0 Å². The van der Waals surface area contributed by atoms with Crippen LogP contribution in [0.2, 0.25) is 0 Å². The van der Waals surface area contributed by atoms with Gasteiger partial charge in [0, 0.05) is 18.2 Å². The minimum atomic E-state index is -0.311. The van der Waals surface area contributed by atoms with Crippen LogP contribution in [0.3, 0.4) is 0 Å². The largest absolute Gasteiger partial charge is 0.348 e. The first-order chi connectivity index (χ1) is 13.0. The molecule has 4 rings (SSSR count). The van der Waals surface area contributed by atoms with Crippen molar-refractivity contribution in [1.29, 1.82) is 0 Å². The molecule has 0 saturated heterocycles. The molecule has 1 aliphatic rings. The Morgan fingerprint density at radius 3 is 2.52 bits per heavy atom. The van der Waals surface area contributed by atoms with E-state index in [1.807, 2.05) is 12.1 Å². The summed E-state index contributed by atoms with van der Waals surface area (Å²) < 4.78 is 13.0. The van der Waals surface area contributed by atoms with E-state index in [9.17, 15) is 4.39 Å². The quantitative estimate of drug-likeness (QED) is 0.613. The third kappa shape index (κ3) is 4.44. The van der Waals surface area contributed by atoms with Crippen molar-refractivity contribution in [1.82, 2.24) is 15.0 Å². The normalized spacial score (nSPS) is 14.5. The van der Waals surface area contributed by atoms with Gasteiger partial charge in [0.05, 0.1) is 17.6 Å². The zero-order chi connectivity index (χ0) is 18.9. The molecule has 1 aliphatic carbocycles. The molecule has 1 aromatic carbocycles. The zero-order valence-corrected chi connectivity index (χ0v) is 16.0. The molecular formula is C23H26FN3. The Balaban J connectivity index is 1.34. The van der Waals surface area contributed by atoms with Gasteiger partial charge >= 0.3 is 0 Å². The molecule has 2 heterocycles. The van der Waals surface area contributed by atoms with E-state index in [0.717, 1.165) is 42.3 Å². The number of imidazole rings is 1. The maximum absolute atomic E-state index is 13.0. The number of nitrogens with zero attached hydrogens (tertiary/aromatic N) is 2. The summed E-state index contributed by atoms with van der Waals surface area (Å²) in [7, 11) is 0. The number of pyridine rings is 1. The zero-order valence-electron chi connectivity index (χ0n) is 16.0. The van der Waals surface area contributed by atoms with Crippen LogP contribution in [-0.4, -0.2) is 15.0 Å². The van der Waals surface area contributed by atoms with Gasteiger partial charge in [-0.2, -0.15) is 0 Å². The maximum atomic E-state index is 13.0. The second-order valence-electron chi connectivity index (χ2n) is 8.34. The average molecular weight is 363 g/mol. The molecular weight excluding hydrogens is 337 g/mol. The predicted molar refractivity (Wildman–Crippen MR) is 106 cm³/mol. The van der Waals surface area contributed by atoms with Crippen LogP contribution in [0, 0.1) is 17.2 Å². The van der Waals surface area contributed by atoms with Gasteiger partial charge in [-0.3, -0.25) is 4.98 Å². The Hall–Kier alpha value is -2.49. The molecule has 0 spiro atoms. The van der Waals surface area contributed by atoms with Crippen LogP contribution in [0.4, 0.5) is 4.39 Å². The molecule has 1 fully saturated rings. The summed E-state index contributed by atoms with van der Waals surface area (Å²) in [6, 6.07) is 11.5. The van der Waals surface area contributed by atoms with Crippen LogP contribution in [0.25, 0.3) is 11.3 Å². The van der Waals surface area contributed by atoms with Crippen LogP contribution in [0.15, 0.2) is 48.8 Å². The first kappa shape index (κ1) is 17.9. The molecule has 0 atom stereocenters. The Bertz CT molecular complexity index is 890.